The molecule has 1 aromatic carbocycles. The number of carbonyl (C=O) groups is 1. The van der Waals surface area contributed by atoms with Gasteiger partial charge >= 0.3 is 11.7 Å². The van der Waals surface area contributed by atoms with Crippen LogP contribution in [-0.4, -0.2) is 73.9 Å². The maximum Gasteiger partial charge on any atom is 0.332 e. The van der Waals surface area contributed by atoms with Crippen LogP contribution in [0.2, 0.25) is 0 Å². The van der Waals surface area contributed by atoms with Crippen LogP contribution in [0, 0.1) is 15.9 Å². The number of benzene rings is 1. The van der Waals surface area contributed by atoms with Crippen molar-refractivity contribution in [3.63, 3.8) is 0 Å². The molecule has 0 bridgehead atoms. The van der Waals surface area contributed by atoms with Crippen molar-refractivity contribution >= 4 is 22.6 Å². The Balaban J connectivity index is 1.71. The Morgan fingerprint density at radius 3 is 2.13 bits per heavy atom. The van der Waals surface area contributed by atoms with Crippen LogP contribution in [-0.2, 0) is 40.4 Å². The molecule has 1 heterocycles. The summed E-state index contributed by atoms with van der Waals surface area (Å²) in [4.78, 5) is 22.0. The average molecular weight is 539 g/mol. The summed E-state index contributed by atoms with van der Waals surface area (Å²) in [5, 5.41) is 11.7. The van der Waals surface area contributed by atoms with Gasteiger partial charge in [-0.3, -0.25) is 10.1 Å². The summed E-state index contributed by atoms with van der Waals surface area (Å²) >= 11 is 0. The Kier molecular flexibility index (Phi) is 11.8. The monoisotopic (exact) mass is 538 g/mol. The molecule has 2 rings (SSSR count). The van der Waals surface area contributed by atoms with Crippen molar-refractivity contribution in [1.82, 2.24) is 4.57 Å². The highest BCUT2D eigenvalue weighted by Crippen LogP contribution is 2.33. The van der Waals surface area contributed by atoms with Gasteiger partial charge in [0.25, 0.3) is 0 Å². The maximum absolute atomic E-state index is 14.3. The molecule has 0 spiro atoms. The van der Waals surface area contributed by atoms with Crippen LogP contribution >= 0.6 is 0 Å². The zero-order chi connectivity index (χ0) is 28.3. The fourth-order valence-electron chi connectivity index (χ4n) is 3.78. The SMILES string of the molecule is C=CCn1c(C(C)(C)COCCOCCOCCOCC(=O)OC(C)(C)C)cc2cc([N+](=O)[O-])c(F)cc21. The Hall–Kier alpha value is -2.86. The molecule has 2 aromatic rings. The topological polar surface area (TPSA) is 111 Å². The van der Waals surface area contributed by atoms with E-state index in [9.17, 15) is 19.3 Å². The summed E-state index contributed by atoms with van der Waals surface area (Å²) < 4.78 is 43.3. The first-order valence-electron chi connectivity index (χ1n) is 12.5. The van der Waals surface area contributed by atoms with Gasteiger partial charge in [-0.25, -0.2) is 4.79 Å². The van der Waals surface area contributed by atoms with E-state index in [1.165, 1.54) is 12.1 Å². The fraction of sp³-hybridized carbons (Fsp3) is 0.593. The summed E-state index contributed by atoms with van der Waals surface area (Å²) in [7, 11) is 0. The predicted molar refractivity (Wildman–Crippen MR) is 141 cm³/mol. The molecule has 212 valence electrons. The van der Waals surface area contributed by atoms with E-state index >= 15 is 0 Å². The molecule has 0 N–H and O–H groups in total. The first kappa shape index (κ1) is 31.4. The number of allylic oxidation sites excluding steroid dienone is 1. The van der Waals surface area contributed by atoms with Gasteiger partial charge in [-0.2, -0.15) is 4.39 Å². The minimum atomic E-state index is -0.874. The molecule has 10 nitrogen and oxygen atoms in total. The molecular formula is C27H39FN2O8. The van der Waals surface area contributed by atoms with E-state index < -0.39 is 33.4 Å². The summed E-state index contributed by atoms with van der Waals surface area (Å²) in [5.41, 5.74) is -0.130. The number of ether oxygens (including phenoxy) is 5. The molecule has 0 unspecified atom stereocenters. The lowest BCUT2D eigenvalue weighted by Gasteiger charge is -2.26. The van der Waals surface area contributed by atoms with Gasteiger partial charge in [0.05, 0.1) is 56.7 Å². The number of hydrogen-bond acceptors (Lipinski definition) is 8. The molecule has 0 atom stereocenters. The van der Waals surface area contributed by atoms with E-state index in [0.717, 1.165) is 5.69 Å². The van der Waals surface area contributed by atoms with E-state index in [1.54, 1.807) is 26.8 Å². The third-order valence-corrected chi connectivity index (χ3v) is 5.39. The zero-order valence-corrected chi connectivity index (χ0v) is 22.9. The lowest BCUT2D eigenvalue weighted by atomic mass is 9.90. The molecule has 0 aliphatic heterocycles. The molecule has 0 radical (unpaired) electrons. The normalized spacial score (nSPS) is 12.2. The van der Waals surface area contributed by atoms with Gasteiger partial charge in [-0.15, -0.1) is 6.58 Å². The van der Waals surface area contributed by atoms with Crippen LogP contribution in [0.1, 0.15) is 40.3 Å². The first-order valence-corrected chi connectivity index (χ1v) is 12.5. The molecule has 0 amide bonds. The number of rotatable bonds is 17. The van der Waals surface area contributed by atoms with Gasteiger partial charge < -0.3 is 28.3 Å². The number of aromatic nitrogens is 1. The van der Waals surface area contributed by atoms with Crippen LogP contribution in [0.3, 0.4) is 0 Å². The highest BCUT2D eigenvalue weighted by Gasteiger charge is 2.28. The van der Waals surface area contributed by atoms with Gasteiger partial charge in [0.2, 0.25) is 5.82 Å². The van der Waals surface area contributed by atoms with Gasteiger partial charge in [0.1, 0.15) is 12.2 Å². The highest BCUT2D eigenvalue weighted by molar-refractivity contribution is 5.84. The minimum absolute atomic E-state index is 0.115. The highest BCUT2D eigenvalue weighted by atomic mass is 19.1. The van der Waals surface area contributed by atoms with E-state index in [4.69, 9.17) is 23.7 Å². The van der Waals surface area contributed by atoms with E-state index in [1.807, 2.05) is 24.5 Å². The first-order chi connectivity index (χ1) is 17.9. The van der Waals surface area contributed by atoms with Gasteiger partial charge in [-0.1, -0.05) is 19.9 Å². The third-order valence-electron chi connectivity index (χ3n) is 5.39. The number of fused-ring (bicyclic) bond motifs is 1. The van der Waals surface area contributed by atoms with Crippen LogP contribution < -0.4 is 0 Å². The Morgan fingerprint density at radius 2 is 1.58 bits per heavy atom. The molecular weight excluding hydrogens is 499 g/mol. The van der Waals surface area contributed by atoms with Crippen molar-refractivity contribution in [3.05, 3.63) is 52.5 Å². The molecule has 0 saturated heterocycles. The van der Waals surface area contributed by atoms with Crippen LogP contribution in [0.25, 0.3) is 10.9 Å². The van der Waals surface area contributed by atoms with Crippen LogP contribution in [0.4, 0.5) is 10.1 Å². The van der Waals surface area contributed by atoms with Crippen molar-refractivity contribution in [2.45, 2.75) is 52.2 Å². The Morgan fingerprint density at radius 1 is 1.00 bits per heavy atom. The maximum atomic E-state index is 14.3. The number of nitro benzene ring substituents is 1. The molecule has 0 fully saturated rings. The number of nitro groups is 1. The lowest BCUT2D eigenvalue weighted by Crippen LogP contribution is -2.28. The lowest BCUT2D eigenvalue weighted by molar-refractivity contribution is -0.387. The number of hydrogen-bond donors (Lipinski definition) is 0. The summed E-state index contributed by atoms with van der Waals surface area (Å²) in [6, 6.07) is 4.29. The molecule has 11 heteroatoms. The van der Waals surface area contributed by atoms with Crippen LogP contribution in [0.5, 0.6) is 0 Å². The second-order valence-corrected chi connectivity index (χ2v) is 10.3. The quantitative estimate of drug-likeness (QED) is 0.0948. The molecule has 0 aliphatic carbocycles. The fourth-order valence-corrected chi connectivity index (χ4v) is 3.78. The number of nitrogens with zero attached hydrogens (tertiary/aromatic N) is 2. The third kappa shape index (κ3) is 9.79. The summed E-state index contributed by atoms with van der Waals surface area (Å²) in [6.07, 6.45) is 1.70. The predicted octanol–water partition coefficient (Wildman–Crippen LogP) is 4.56. The van der Waals surface area contributed by atoms with Crippen molar-refractivity contribution < 1.29 is 37.8 Å². The number of carbonyl (C=O) groups excluding carboxylic acids is 1. The van der Waals surface area contributed by atoms with Gasteiger partial charge in [0, 0.05) is 35.2 Å². The number of halogens is 1. The van der Waals surface area contributed by atoms with Crippen molar-refractivity contribution in [1.29, 1.82) is 0 Å². The van der Waals surface area contributed by atoms with Gasteiger partial charge in [0.15, 0.2) is 0 Å². The smallest absolute Gasteiger partial charge is 0.332 e. The van der Waals surface area contributed by atoms with Crippen molar-refractivity contribution in [2.75, 3.05) is 52.9 Å². The Bertz CT molecular complexity index is 1090. The molecule has 38 heavy (non-hydrogen) atoms. The molecule has 0 aliphatic rings. The van der Waals surface area contributed by atoms with E-state index in [2.05, 4.69) is 6.58 Å². The summed E-state index contributed by atoms with van der Waals surface area (Å²) in [6.45, 7) is 15.9. The van der Waals surface area contributed by atoms with E-state index in [-0.39, 0.29) is 13.2 Å². The molecule has 0 saturated carbocycles. The van der Waals surface area contributed by atoms with Crippen molar-refractivity contribution in [3.8, 4) is 0 Å². The molecule has 1 aromatic heterocycles. The second-order valence-electron chi connectivity index (χ2n) is 10.3. The second kappa shape index (κ2) is 14.3. The Labute approximate surface area is 222 Å². The van der Waals surface area contributed by atoms with E-state index in [0.29, 0.717) is 57.1 Å². The zero-order valence-electron chi connectivity index (χ0n) is 22.9. The minimum Gasteiger partial charge on any atom is -0.458 e. The van der Waals surface area contributed by atoms with Gasteiger partial charge in [-0.05, 0) is 26.8 Å². The largest absolute Gasteiger partial charge is 0.458 e. The van der Waals surface area contributed by atoms with Crippen LogP contribution in [0.15, 0.2) is 30.9 Å². The standard InChI is InChI=1S/C27H39FN2O8/c1-7-8-29-22-17-21(28)23(30(32)33)15-20(22)16-24(29)27(5,6)19-37-14-12-35-10-9-34-11-13-36-18-25(31)38-26(2,3)4/h7,15-17H,1,8-14,18-19H2,2-6H3. The van der Waals surface area contributed by atoms with Crippen molar-refractivity contribution in [2.24, 2.45) is 0 Å². The number of esters is 1. The average Bonchev–Trinajstić information content (AvgIpc) is 3.16. The summed E-state index contributed by atoms with van der Waals surface area (Å²) in [5.74, 6) is -1.29.